The zero-order valence-electron chi connectivity index (χ0n) is 6.99. The Morgan fingerprint density at radius 3 is 2.60 bits per heavy atom. The Balaban J connectivity index is 2.18. The minimum absolute atomic E-state index is 0.285. The van der Waals surface area contributed by atoms with Gasteiger partial charge in [-0.05, 0) is 0 Å². The molecule has 0 radical (unpaired) electrons. The lowest BCUT2D eigenvalue weighted by atomic mass is 10.7. The van der Waals surface area contributed by atoms with Crippen molar-refractivity contribution in [1.82, 2.24) is 9.97 Å². The van der Waals surface area contributed by atoms with Crippen LogP contribution in [-0.4, -0.2) is 16.3 Å². The predicted molar refractivity (Wildman–Crippen MR) is 49.9 cm³/mol. The molecule has 0 saturated heterocycles. The van der Waals surface area contributed by atoms with Gasteiger partial charge in [0, 0.05) is 11.6 Å². The number of ether oxygens (including phenoxy) is 1. The SMILES string of the molecule is FC(F)(F)Oc1cnc(-c2nccs2)s1. The molecule has 8 heteroatoms. The molecule has 0 atom stereocenters. The number of hydrogen-bond donors (Lipinski definition) is 0. The second-order valence-corrected chi connectivity index (χ2v) is 4.26. The lowest BCUT2D eigenvalue weighted by molar-refractivity contribution is -0.273. The van der Waals surface area contributed by atoms with Gasteiger partial charge < -0.3 is 4.74 Å². The monoisotopic (exact) mass is 252 g/mol. The molecule has 3 nitrogen and oxygen atoms in total. The number of hydrogen-bond acceptors (Lipinski definition) is 5. The van der Waals surface area contributed by atoms with E-state index in [9.17, 15) is 13.2 Å². The molecule has 0 spiro atoms. The Kier molecular flexibility index (Phi) is 2.61. The summed E-state index contributed by atoms with van der Waals surface area (Å²) in [6.07, 6.45) is -2.08. The molecule has 0 bridgehead atoms. The van der Waals surface area contributed by atoms with Gasteiger partial charge in [0.2, 0.25) is 5.06 Å². The van der Waals surface area contributed by atoms with Crippen LogP contribution in [0, 0.1) is 0 Å². The normalized spacial score (nSPS) is 11.7. The molecule has 0 amide bonds. The number of nitrogens with zero attached hydrogens (tertiary/aromatic N) is 2. The van der Waals surface area contributed by atoms with Gasteiger partial charge in [-0.3, -0.25) is 0 Å². The molecule has 2 heterocycles. The summed E-state index contributed by atoms with van der Waals surface area (Å²) in [5.74, 6) is 0. The summed E-state index contributed by atoms with van der Waals surface area (Å²) in [6.45, 7) is 0. The molecule has 0 aliphatic carbocycles. The number of aromatic nitrogens is 2. The molecule has 0 N–H and O–H groups in total. The maximum atomic E-state index is 11.8. The second kappa shape index (κ2) is 3.78. The van der Waals surface area contributed by atoms with Gasteiger partial charge >= 0.3 is 6.36 Å². The van der Waals surface area contributed by atoms with Crippen LogP contribution in [-0.2, 0) is 0 Å². The number of rotatable bonds is 2. The minimum atomic E-state index is -4.67. The maximum absolute atomic E-state index is 11.8. The zero-order chi connectivity index (χ0) is 10.9. The van der Waals surface area contributed by atoms with E-state index in [1.54, 1.807) is 11.6 Å². The molecule has 0 saturated carbocycles. The lowest BCUT2D eigenvalue weighted by Gasteiger charge is -2.04. The summed E-state index contributed by atoms with van der Waals surface area (Å²) in [5, 5.41) is 2.44. The average Bonchev–Trinajstić information content (AvgIpc) is 2.68. The number of halogens is 3. The van der Waals surface area contributed by atoms with Gasteiger partial charge in [0.15, 0.2) is 10.0 Å². The molecule has 2 aromatic heterocycles. The fourth-order valence-corrected chi connectivity index (χ4v) is 2.32. The molecule has 0 unspecified atom stereocenters. The Bertz CT molecular complexity index is 437. The van der Waals surface area contributed by atoms with Gasteiger partial charge in [0.05, 0.1) is 6.20 Å². The van der Waals surface area contributed by atoms with E-state index in [1.807, 2.05) is 0 Å². The van der Waals surface area contributed by atoms with E-state index < -0.39 is 6.36 Å². The molecular weight excluding hydrogens is 249 g/mol. The summed E-state index contributed by atoms with van der Waals surface area (Å²) in [6, 6.07) is 0. The molecule has 2 rings (SSSR count). The van der Waals surface area contributed by atoms with Crippen LogP contribution >= 0.6 is 22.7 Å². The van der Waals surface area contributed by atoms with Gasteiger partial charge in [0.1, 0.15) is 0 Å². The smallest absolute Gasteiger partial charge is 0.394 e. The first-order valence-electron chi connectivity index (χ1n) is 3.66. The van der Waals surface area contributed by atoms with E-state index in [1.165, 1.54) is 11.3 Å². The standard InChI is InChI=1S/C7H3F3N2OS2/c8-7(9,10)13-4-3-12-6(15-4)5-11-1-2-14-5/h1-3H. The van der Waals surface area contributed by atoms with Crippen molar-refractivity contribution in [1.29, 1.82) is 0 Å². The predicted octanol–water partition coefficient (Wildman–Crippen LogP) is 3.17. The number of thiazole rings is 2. The third kappa shape index (κ3) is 2.66. The van der Waals surface area contributed by atoms with Gasteiger partial charge in [-0.25, -0.2) is 9.97 Å². The van der Waals surface area contributed by atoms with E-state index in [2.05, 4.69) is 14.7 Å². The highest BCUT2D eigenvalue weighted by Gasteiger charge is 2.32. The fraction of sp³-hybridized carbons (Fsp3) is 0.143. The van der Waals surface area contributed by atoms with Crippen LogP contribution in [0.1, 0.15) is 0 Å². The van der Waals surface area contributed by atoms with E-state index >= 15 is 0 Å². The quantitative estimate of drug-likeness (QED) is 0.823. The van der Waals surface area contributed by atoms with Crippen LogP contribution in [0.15, 0.2) is 17.8 Å². The molecule has 0 aliphatic rings. The van der Waals surface area contributed by atoms with Crippen molar-refractivity contribution in [2.45, 2.75) is 6.36 Å². The van der Waals surface area contributed by atoms with Crippen LogP contribution in [0.2, 0.25) is 0 Å². The van der Waals surface area contributed by atoms with E-state index in [0.29, 0.717) is 10.0 Å². The molecule has 0 aromatic carbocycles. The second-order valence-electron chi connectivity index (χ2n) is 2.37. The van der Waals surface area contributed by atoms with Gasteiger partial charge in [-0.1, -0.05) is 11.3 Å². The van der Waals surface area contributed by atoms with Gasteiger partial charge in [0.25, 0.3) is 0 Å². The molecule has 15 heavy (non-hydrogen) atoms. The summed E-state index contributed by atoms with van der Waals surface area (Å²) < 4.78 is 39.2. The Morgan fingerprint density at radius 2 is 2.00 bits per heavy atom. The van der Waals surface area contributed by atoms with Crippen molar-refractivity contribution in [2.24, 2.45) is 0 Å². The first-order valence-corrected chi connectivity index (χ1v) is 5.36. The molecular formula is C7H3F3N2OS2. The van der Waals surface area contributed by atoms with Crippen LogP contribution in [0.3, 0.4) is 0 Å². The minimum Gasteiger partial charge on any atom is -0.394 e. The Labute approximate surface area is 90.2 Å². The van der Waals surface area contributed by atoms with E-state index in [-0.39, 0.29) is 5.06 Å². The van der Waals surface area contributed by atoms with Crippen molar-refractivity contribution in [2.75, 3.05) is 0 Å². The summed E-state index contributed by atoms with van der Waals surface area (Å²) in [4.78, 5) is 7.71. The highest BCUT2D eigenvalue weighted by Crippen LogP contribution is 2.33. The van der Waals surface area contributed by atoms with Gasteiger partial charge in [-0.2, -0.15) is 0 Å². The molecule has 2 aromatic rings. The third-order valence-electron chi connectivity index (χ3n) is 1.32. The summed E-state index contributed by atoms with van der Waals surface area (Å²) in [5.41, 5.74) is 0. The summed E-state index contributed by atoms with van der Waals surface area (Å²) in [7, 11) is 0. The molecule has 0 fully saturated rings. The molecule has 80 valence electrons. The van der Waals surface area contributed by atoms with Crippen LogP contribution < -0.4 is 4.74 Å². The first-order chi connectivity index (χ1) is 7.04. The zero-order valence-corrected chi connectivity index (χ0v) is 8.62. The fourth-order valence-electron chi connectivity index (χ4n) is 0.849. The topological polar surface area (TPSA) is 35.0 Å². The Hall–Kier alpha value is -1.15. The average molecular weight is 252 g/mol. The van der Waals surface area contributed by atoms with Crippen molar-refractivity contribution < 1.29 is 17.9 Å². The van der Waals surface area contributed by atoms with Crippen molar-refractivity contribution in [3.8, 4) is 15.1 Å². The Morgan fingerprint density at radius 1 is 1.20 bits per heavy atom. The summed E-state index contributed by atoms with van der Waals surface area (Å²) >= 11 is 2.12. The van der Waals surface area contributed by atoms with E-state index in [4.69, 9.17) is 0 Å². The number of alkyl halides is 3. The van der Waals surface area contributed by atoms with Gasteiger partial charge in [-0.15, -0.1) is 24.5 Å². The third-order valence-corrected chi connectivity index (χ3v) is 3.11. The first kappa shape index (κ1) is 10.4. The van der Waals surface area contributed by atoms with Crippen LogP contribution in [0.5, 0.6) is 5.06 Å². The van der Waals surface area contributed by atoms with E-state index in [0.717, 1.165) is 17.5 Å². The van der Waals surface area contributed by atoms with Crippen molar-refractivity contribution >= 4 is 22.7 Å². The molecule has 0 aliphatic heterocycles. The highest BCUT2D eigenvalue weighted by molar-refractivity contribution is 7.21. The van der Waals surface area contributed by atoms with Crippen LogP contribution in [0.25, 0.3) is 10.0 Å². The maximum Gasteiger partial charge on any atom is 0.573 e. The van der Waals surface area contributed by atoms with Crippen molar-refractivity contribution in [3.05, 3.63) is 17.8 Å². The largest absolute Gasteiger partial charge is 0.573 e. The highest BCUT2D eigenvalue weighted by atomic mass is 32.1. The van der Waals surface area contributed by atoms with Crippen LogP contribution in [0.4, 0.5) is 13.2 Å². The van der Waals surface area contributed by atoms with Crippen molar-refractivity contribution in [3.63, 3.8) is 0 Å². The lowest BCUT2D eigenvalue weighted by Crippen LogP contribution is -2.16.